The van der Waals surface area contributed by atoms with E-state index in [2.05, 4.69) is 10.6 Å². The number of hydrogen-bond donors (Lipinski definition) is 2. The molecule has 2 aliphatic rings. The van der Waals surface area contributed by atoms with Gasteiger partial charge in [0.15, 0.2) is 0 Å². The molecular formula is C46H70N4O13S. The molecule has 0 aromatic heterocycles. The SMILES string of the molecule is Cc1ccc(S(=O)(=O)OCCOCCOCCOCCOCCO[C@@H]2Cc3ccccc3[C@@H]2NC(=O)C2CCCN2C(=O)[C@@H](NC(=O)[C@H](C)N(C)C(=O)OC(C)(C)C)C(C)(C)C)cc1. The molecule has 2 N–H and O–H groups in total. The topological polar surface area (TPSA) is 198 Å². The Hall–Kier alpha value is -4.17. The van der Waals surface area contributed by atoms with Crippen LogP contribution in [0, 0.1) is 12.3 Å². The van der Waals surface area contributed by atoms with E-state index in [1.54, 1.807) is 44.7 Å². The Morgan fingerprint density at radius 1 is 0.812 bits per heavy atom. The zero-order valence-corrected chi connectivity index (χ0v) is 39.8. The molecule has 4 rings (SSSR count). The van der Waals surface area contributed by atoms with Gasteiger partial charge in [-0.1, -0.05) is 62.7 Å². The van der Waals surface area contributed by atoms with Crippen LogP contribution < -0.4 is 10.6 Å². The van der Waals surface area contributed by atoms with E-state index in [4.69, 9.17) is 32.6 Å². The van der Waals surface area contributed by atoms with Crippen molar-refractivity contribution in [3.05, 3.63) is 65.2 Å². The van der Waals surface area contributed by atoms with Crippen molar-refractivity contribution in [1.82, 2.24) is 20.4 Å². The number of likely N-dealkylation sites (tertiary alicyclic amines) is 1. The fourth-order valence-corrected chi connectivity index (χ4v) is 8.07. The number of carbonyl (C=O) groups is 4. The molecule has 0 spiro atoms. The third kappa shape index (κ3) is 16.1. The number of benzene rings is 2. The molecule has 5 atom stereocenters. The predicted octanol–water partition coefficient (Wildman–Crippen LogP) is 4.34. The molecule has 1 fully saturated rings. The van der Waals surface area contributed by atoms with Gasteiger partial charge in [-0.25, -0.2) is 4.79 Å². The summed E-state index contributed by atoms with van der Waals surface area (Å²) >= 11 is 0. The summed E-state index contributed by atoms with van der Waals surface area (Å²) in [6.45, 7) is 17.2. The smallest absolute Gasteiger partial charge is 0.410 e. The fraction of sp³-hybridized carbons (Fsp3) is 0.652. The molecule has 17 nitrogen and oxygen atoms in total. The summed E-state index contributed by atoms with van der Waals surface area (Å²) in [6, 6.07) is 11.2. The minimum absolute atomic E-state index is 0.0951. The Labute approximate surface area is 379 Å². The standard InChI is InChI=1S/C46H70N4O13S/c1-32-16-18-35(19-17-32)64(55,56)62-30-28-60-26-24-58-22-21-57-23-25-59-27-29-61-38-31-34-13-10-11-14-36(34)39(38)47-42(52)37-15-12-20-50(37)43(53)40(45(3,4)5)48-41(51)33(2)49(9)44(54)63-46(6,7)8/h10-11,13-14,16-19,33,37-40H,12,15,20-31H2,1-9H3,(H,47,52)(H,48,51)/t33-,37?,38+,39-,40+/m0/s1. The summed E-state index contributed by atoms with van der Waals surface area (Å²) in [5, 5.41) is 6.07. The van der Waals surface area contributed by atoms with Gasteiger partial charge >= 0.3 is 6.09 Å². The minimum atomic E-state index is -3.82. The van der Waals surface area contributed by atoms with Gasteiger partial charge in [0.1, 0.15) is 23.7 Å². The van der Waals surface area contributed by atoms with Crippen LogP contribution in [0.5, 0.6) is 0 Å². The van der Waals surface area contributed by atoms with Crippen LogP contribution in [0.1, 0.15) is 84.0 Å². The van der Waals surface area contributed by atoms with Gasteiger partial charge in [0.2, 0.25) is 17.7 Å². The van der Waals surface area contributed by atoms with E-state index in [9.17, 15) is 27.6 Å². The maximum Gasteiger partial charge on any atom is 0.410 e. The highest BCUT2D eigenvalue weighted by Crippen LogP contribution is 2.34. The molecule has 0 radical (unpaired) electrons. The van der Waals surface area contributed by atoms with Gasteiger partial charge in [-0.3, -0.25) is 23.5 Å². The Morgan fingerprint density at radius 3 is 1.95 bits per heavy atom. The van der Waals surface area contributed by atoms with Gasteiger partial charge in [0, 0.05) is 20.0 Å². The van der Waals surface area contributed by atoms with Crippen molar-refractivity contribution >= 4 is 33.9 Å². The van der Waals surface area contributed by atoms with E-state index in [0.29, 0.717) is 72.1 Å². The molecule has 18 heteroatoms. The van der Waals surface area contributed by atoms with Crippen LogP contribution in [0.25, 0.3) is 0 Å². The van der Waals surface area contributed by atoms with E-state index >= 15 is 0 Å². The number of ether oxygens (including phenoxy) is 6. The lowest BCUT2D eigenvalue weighted by Gasteiger charge is -2.37. The highest BCUT2D eigenvalue weighted by Gasteiger charge is 2.44. The normalized spacial score (nSPS) is 18.6. The van der Waals surface area contributed by atoms with Gasteiger partial charge in [0.05, 0.1) is 83.1 Å². The van der Waals surface area contributed by atoms with Gasteiger partial charge in [-0.05, 0) is 76.1 Å². The molecule has 1 saturated heterocycles. The van der Waals surface area contributed by atoms with Crippen molar-refractivity contribution in [3.8, 4) is 0 Å². The van der Waals surface area contributed by atoms with Crippen LogP contribution in [0.15, 0.2) is 53.4 Å². The molecule has 0 bridgehead atoms. The number of nitrogens with zero attached hydrogens (tertiary/aromatic N) is 2. The molecule has 1 unspecified atom stereocenters. The Kier molecular flexibility index (Phi) is 20.0. The highest BCUT2D eigenvalue weighted by atomic mass is 32.2. The average molecular weight is 919 g/mol. The van der Waals surface area contributed by atoms with Crippen LogP contribution in [0.3, 0.4) is 0 Å². The van der Waals surface area contributed by atoms with Crippen molar-refractivity contribution in [3.63, 3.8) is 0 Å². The molecule has 4 amide bonds. The third-order valence-corrected chi connectivity index (χ3v) is 12.1. The number of nitrogens with one attached hydrogen (secondary N) is 2. The Bertz CT molecular complexity index is 1930. The van der Waals surface area contributed by atoms with Gasteiger partial charge in [0.25, 0.3) is 10.1 Å². The molecule has 358 valence electrons. The molecule has 2 aromatic rings. The van der Waals surface area contributed by atoms with Gasteiger partial charge < -0.3 is 44.0 Å². The quantitative estimate of drug-likeness (QED) is 0.112. The summed E-state index contributed by atoms with van der Waals surface area (Å²) in [7, 11) is -2.35. The third-order valence-electron chi connectivity index (χ3n) is 10.8. The summed E-state index contributed by atoms with van der Waals surface area (Å²) in [5.74, 6) is -1.17. The first-order chi connectivity index (χ1) is 30.2. The lowest BCUT2D eigenvalue weighted by atomic mass is 9.85. The summed E-state index contributed by atoms with van der Waals surface area (Å²) in [5.41, 5.74) is 1.53. The first-order valence-electron chi connectivity index (χ1n) is 22.0. The lowest BCUT2D eigenvalue weighted by molar-refractivity contribution is -0.144. The van der Waals surface area contributed by atoms with Crippen LogP contribution in [-0.2, 0) is 63.5 Å². The second kappa shape index (κ2) is 24.4. The van der Waals surface area contributed by atoms with E-state index in [0.717, 1.165) is 16.7 Å². The van der Waals surface area contributed by atoms with E-state index in [1.807, 2.05) is 52.0 Å². The number of fused-ring (bicyclic) bond motifs is 1. The molecule has 1 aliphatic heterocycles. The molecule has 1 heterocycles. The Morgan fingerprint density at radius 2 is 1.38 bits per heavy atom. The summed E-state index contributed by atoms with van der Waals surface area (Å²) in [4.78, 5) is 57.3. The monoisotopic (exact) mass is 918 g/mol. The molecular weight excluding hydrogens is 849 g/mol. The van der Waals surface area contributed by atoms with Crippen molar-refractivity contribution in [2.24, 2.45) is 5.41 Å². The van der Waals surface area contributed by atoms with Gasteiger partial charge in [-0.2, -0.15) is 8.42 Å². The van der Waals surface area contributed by atoms with Crippen LogP contribution >= 0.6 is 0 Å². The van der Waals surface area contributed by atoms with Crippen molar-refractivity contribution in [2.45, 2.75) is 115 Å². The average Bonchev–Trinajstić information content (AvgIpc) is 3.86. The van der Waals surface area contributed by atoms with Crippen molar-refractivity contribution in [2.75, 3.05) is 79.7 Å². The van der Waals surface area contributed by atoms with Crippen LogP contribution in [0.4, 0.5) is 4.79 Å². The zero-order chi connectivity index (χ0) is 47.1. The lowest BCUT2D eigenvalue weighted by Crippen LogP contribution is -2.60. The zero-order valence-electron chi connectivity index (χ0n) is 39.0. The summed E-state index contributed by atoms with van der Waals surface area (Å²) in [6.07, 6.45) is 0.686. The number of amides is 4. The van der Waals surface area contributed by atoms with E-state index in [-0.39, 0.29) is 42.6 Å². The fourth-order valence-electron chi connectivity index (χ4n) is 7.18. The maximum absolute atomic E-state index is 14.2. The second-order valence-corrected chi connectivity index (χ2v) is 19.7. The molecule has 0 saturated carbocycles. The first-order valence-corrected chi connectivity index (χ1v) is 23.4. The van der Waals surface area contributed by atoms with Crippen molar-refractivity contribution in [1.29, 1.82) is 0 Å². The second-order valence-electron chi connectivity index (χ2n) is 18.1. The number of carbonyl (C=O) groups excluding carboxylic acids is 4. The van der Waals surface area contributed by atoms with Crippen LogP contribution in [-0.4, -0.2) is 152 Å². The summed E-state index contributed by atoms with van der Waals surface area (Å²) < 4.78 is 63.4. The van der Waals surface area contributed by atoms with E-state index in [1.165, 1.54) is 24.1 Å². The number of aryl methyl sites for hydroxylation is 1. The van der Waals surface area contributed by atoms with Gasteiger partial charge in [-0.15, -0.1) is 0 Å². The minimum Gasteiger partial charge on any atom is -0.444 e. The van der Waals surface area contributed by atoms with Crippen molar-refractivity contribution < 1.29 is 60.2 Å². The maximum atomic E-state index is 14.2. The number of likely N-dealkylation sites (N-methyl/N-ethyl adjacent to an activating group) is 1. The molecule has 64 heavy (non-hydrogen) atoms. The molecule has 1 aliphatic carbocycles. The number of hydrogen-bond acceptors (Lipinski definition) is 13. The first kappa shape index (κ1) is 52.5. The molecule has 2 aromatic carbocycles. The number of rotatable bonds is 24. The Balaban J connectivity index is 1.16. The largest absolute Gasteiger partial charge is 0.444 e. The predicted molar refractivity (Wildman–Crippen MR) is 238 cm³/mol. The van der Waals surface area contributed by atoms with Crippen LogP contribution in [0.2, 0.25) is 0 Å². The highest BCUT2D eigenvalue weighted by molar-refractivity contribution is 7.86. The van der Waals surface area contributed by atoms with E-state index < -0.39 is 57.3 Å².